The summed E-state index contributed by atoms with van der Waals surface area (Å²) in [7, 11) is 0. The van der Waals surface area contributed by atoms with Crippen molar-refractivity contribution in [2.45, 2.75) is 25.6 Å². The second-order valence-corrected chi connectivity index (χ2v) is 7.54. The van der Waals surface area contributed by atoms with Gasteiger partial charge in [-0.15, -0.1) is 0 Å². The quantitative estimate of drug-likeness (QED) is 0.482. The molecule has 0 unspecified atom stereocenters. The number of carboxylic acid groups (broad SMARTS) is 1. The van der Waals surface area contributed by atoms with Crippen LogP contribution in [0.3, 0.4) is 0 Å². The standard InChI is InChI=1S/C19H16ClF3N4O5/c1-9-5-11(19(21,22)23)7-14(25-9)26-15(28)6-10(17(26)18(29)30)8-24-16-12(20)3-2-4-13(16)27(31)32/h2-5,7,10,17,24H,6,8H2,1H3,(H,29,30)/t10-,17+/m1/s1. The van der Waals surface area contributed by atoms with E-state index in [1.165, 1.54) is 25.1 Å². The van der Waals surface area contributed by atoms with Crippen molar-refractivity contribution in [2.24, 2.45) is 5.92 Å². The number of amides is 1. The summed E-state index contributed by atoms with van der Waals surface area (Å²) in [5.74, 6) is -3.54. The predicted octanol–water partition coefficient (Wildman–Crippen LogP) is 3.89. The number of halogens is 4. The zero-order valence-electron chi connectivity index (χ0n) is 16.4. The molecule has 1 aliphatic heterocycles. The number of alkyl halides is 3. The predicted molar refractivity (Wildman–Crippen MR) is 108 cm³/mol. The highest BCUT2D eigenvalue weighted by Crippen LogP contribution is 2.37. The SMILES string of the molecule is Cc1cc(C(F)(F)F)cc(N2C(=O)C[C@H](CNc3c(Cl)cccc3[N+](=O)[O-])[C@H]2C(=O)O)n1. The minimum Gasteiger partial charge on any atom is -0.480 e. The average Bonchev–Trinajstić information content (AvgIpc) is 3.02. The lowest BCUT2D eigenvalue weighted by molar-refractivity contribution is -0.383. The van der Waals surface area contributed by atoms with Crippen LogP contribution in [-0.4, -0.2) is 39.5 Å². The minimum absolute atomic E-state index is 0.0161. The number of hydrogen-bond acceptors (Lipinski definition) is 6. The molecule has 2 aromatic rings. The molecule has 1 amide bonds. The van der Waals surface area contributed by atoms with Crippen LogP contribution in [0.2, 0.25) is 5.02 Å². The van der Waals surface area contributed by atoms with Crippen molar-refractivity contribution in [1.29, 1.82) is 0 Å². The van der Waals surface area contributed by atoms with Gasteiger partial charge in [-0.25, -0.2) is 9.78 Å². The van der Waals surface area contributed by atoms with Crippen molar-refractivity contribution in [3.8, 4) is 0 Å². The number of pyridine rings is 1. The van der Waals surface area contributed by atoms with Gasteiger partial charge in [-0.05, 0) is 25.1 Å². The number of anilines is 2. The second-order valence-electron chi connectivity index (χ2n) is 7.14. The fraction of sp³-hybridized carbons (Fsp3) is 0.316. The molecule has 0 spiro atoms. The lowest BCUT2D eigenvalue weighted by Crippen LogP contribution is -2.43. The number of nitrogens with zero attached hydrogens (tertiary/aromatic N) is 3. The van der Waals surface area contributed by atoms with Crippen molar-refractivity contribution in [2.75, 3.05) is 16.8 Å². The molecule has 2 atom stereocenters. The van der Waals surface area contributed by atoms with E-state index in [-0.39, 0.29) is 35.1 Å². The van der Waals surface area contributed by atoms with Crippen LogP contribution in [0.5, 0.6) is 0 Å². The molecule has 0 radical (unpaired) electrons. The second kappa shape index (κ2) is 8.61. The van der Waals surface area contributed by atoms with Gasteiger partial charge in [0.25, 0.3) is 5.69 Å². The lowest BCUT2D eigenvalue weighted by atomic mass is 10.00. The Hall–Kier alpha value is -3.41. The van der Waals surface area contributed by atoms with Gasteiger partial charge in [0, 0.05) is 30.6 Å². The van der Waals surface area contributed by atoms with Gasteiger partial charge in [0.1, 0.15) is 17.5 Å². The molecule has 170 valence electrons. The summed E-state index contributed by atoms with van der Waals surface area (Å²) >= 11 is 6.01. The molecule has 0 aliphatic carbocycles. The van der Waals surface area contributed by atoms with Crippen molar-refractivity contribution in [1.82, 2.24) is 4.98 Å². The Morgan fingerprint density at radius 3 is 2.69 bits per heavy atom. The van der Waals surface area contributed by atoms with Crippen LogP contribution in [0.1, 0.15) is 17.7 Å². The van der Waals surface area contributed by atoms with Crippen LogP contribution in [-0.2, 0) is 15.8 Å². The summed E-state index contributed by atoms with van der Waals surface area (Å²) < 4.78 is 39.6. The van der Waals surface area contributed by atoms with Gasteiger partial charge in [-0.2, -0.15) is 13.2 Å². The number of carboxylic acids is 1. The van der Waals surface area contributed by atoms with E-state index >= 15 is 0 Å². The maximum atomic E-state index is 13.2. The molecule has 2 heterocycles. The number of carbonyl (C=O) groups is 2. The van der Waals surface area contributed by atoms with E-state index in [0.29, 0.717) is 6.07 Å². The van der Waals surface area contributed by atoms with E-state index < -0.39 is 46.3 Å². The molecular weight excluding hydrogens is 457 g/mol. The minimum atomic E-state index is -4.71. The molecule has 2 N–H and O–H groups in total. The number of carbonyl (C=O) groups excluding carboxylic acids is 1. The van der Waals surface area contributed by atoms with E-state index in [4.69, 9.17) is 11.6 Å². The van der Waals surface area contributed by atoms with Gasteiger partial charge in [0.05, 0.1) is 15.5 Å². The van der Waals surface area contributed by atoms with Crippen LogP contribution < -0.4 is 10.2 Å². The smallest absolute Gasteiger partial charge is 0.416 e. The van der Waals surface area contributed by atoms with Crippen molar-refractivity contribution >= 4 is 40.7 Å². The largest absolute Gasteiger partial charge is 0.480 e. The summed E-state index contributed by atoms with van der Waals surface area (Å²) in [6, 6.07) is 3.84. The maximum Gasteiger partial charge on any atom is 0.416 e. The lowest BCUT2D eigenvalue weighted by Gasteiger charge is -2.25. The molecule has 3 rings (SSSR count). The van der Waals surface area contributed by atoms with Crippen LogP contribution in [0, 0.1) is 23.0 Å². The molecule has 9 nitrogen and oxygen atoms in total. The van der Waals surface area contributed by atoms with Gasteiger partial charge in [0.2, 0.25) is 5.91 Å². The number of nitro groups is 1. The van der Waals surface area contributed by atoms with Crippen LogP contribution in [0.4, 0.5) is 30.4 Å². The molecular formula is C19H16ClF3N4O5. The van der Waals surface area contributed by atoms with E-state index in [1.807, 2.05) is 0 Å². The third kappa shape index (κ3) is 4.59. The zero-order valence-corrected chi connectivity index (χ0v) is 17.1. The molecule has 0 saturated carbocycles. The summed E-state index contributed by atoms with van der Waals surface area (Å²) in [5, 5.41) is 23.7. The summed E-state index contributed by atoms with van der Waals surface area (Å²) in [6.07, 6.45) is -5.03. The normalized spacial score (nSPS) is 18.7. The third-order valence-electron chi connectivity index (χ3n) is 4.93. The number of nitrogens with one attached hydrogen (secondary N) is 1. The number of benzene rings is 1. The Bertz CT molecular complexity index is 1100. The Morgan fingerprint density at radius 1 is 1.41 bits per heavy atom. The van der Waals surface area contributed by atoms with Gasteiger partial charge >= 0.3 is 12.1 Å². The zero-order chi connectivity index (χ0) is 23.8. The molecule has 1 aromatic heterocycles. The molecule has 1 aromatic carbocycles. The highest BCUT2D eigenvalue weighted by molar-refractivity contribution is 6.33. The fourth-order valence-corrected chi connectivity index (χ4v) is 3.81. The molecule has 0 bridgehead atoms. The van der Waals surface area contributed by atoms with Crippen LogP contribution >= 0.6 is 11.6 Å². The van der Waals surface area contributed by atoms with E-state index in [9.17, 15) is 38.0 Å². The van der Waals surface area contributed by atoms with E-state index in [0.717, 1.165) is 11.0 Å². The Labute approximate surface area is 184 Å². The van der Waals surface area contributed by atoms with E-state index in [1.54, 1.807) is 0 Å². The number of rotatable bonds is 6. The van der Waals surface area contributed by atoms with Gasteiger partial charge in [-0.3, -0.25) is 19.8 Å². The first-order valence-corrected chi connectivity index (χ1v) is 9.55. The number of aliphatic carboxylic acids is 1. The van der Waals surface area contributed by atoms with E-state index in [2.05, 4.69) is 10.3 Å². The first-order chi connectivity index (χ1) is 14.9. The topological polar surface area (TPSA) is 126 Å². The maximum absolute atomic E-state index is 13.2. The van der Waals surface area contributed by atoms with Gasteiger partial charge in [-0.1, -0.05) is 17.7 Å². The highest BCUT2D eigenvalue weighted by atomic mass is 35.5. The van der Waals surface area contributed by atoms with Crippen molar-refractivity contribution in [3.05, 3.63) is 56.7 Å². The Morgan fingerprint density at radius 2 is 2.09 bits per heavy atom. The monoisotopic (exact) mass is 472 g/mol. The molecule has 1 fully saturated rings. The first-order valence-electron chi connectivity index (χ1n) is 9.17. The highest BCUT2D eigenvalue weighted by Gasteiger charge is 2.46. The number of nitro benzene ring substituents is 1. The number of para-hydroxylation sites is 1. The molecule has 1 aliphatic rings. The van der Waals surface area contributed by atoms with Crippen molar-refractivity contribution in [3.63, 3.8) is 0 Å². The number of aryl methyl sites for hydroxylation is 1. The number of hydrogen-bond donors (Lipinski definition) is 2. The Kier molecular flexibility index (Phi) is 6.26. The summed E-state index contributed by atoms with van der Waals surface area (Å²) in [6.45, 7) is 1.09. The Balaban J connectivity index is 1.93. The fourth-order valence-electron chi connectivity index (χ4n) is 3.58. The molecule has 32 heavy (non-hydrogen) atoms. The number of aromatic nitrogens is 1. The molecule has 1 saturated heterocycles. The molecule has 13 heteroatoms. The average molecular weight is 473 g/mol. The summed E-state index contributed by atoms with van der Waals surface area (Å²) in [4.78, 5) is 39.8. The van der Waals surface area contributed by atoms with Crippen LogP contribution in [0.25, 0.3) is 0 Å². The first kappa shape index (κ1) is 23.3. The van der Waals surface area contributed by atoms with Gasteiger partial charge in [0.15, 0.2) is 0 Å². The van der Waals surface area contributed by atoms with Gasteiger partial charge < -0.3 is 10.4 Å². The summed E-state index contributed by atoms with van der Waals surface area (Å²) in [5.41, 5.74) is -1.51. The van der Waals surface area contributed by atoms with Crippen molar-refractivity contribution < 1.29 is 32.8 Å². The third-order valence-corrected chi connectivity index (χ3v) is 5.24. The van der Waals surface area contributed by atoms with Crippen LogP contribution in [0.15, 0.2) is 30.3 Å².